The van der Waals surface area contributed by atoms with Gasteiger partial charge in [0.15, 0.2) is 0 Å². The lowest BCUT2D eigenvalue weighted by molar-refractivity contribution is -0.0842. The highest BCUT2D eigenvalue weighted by Crippen LogP contribution is 2.60. The molecule has 4 atom stereocenters. The van der Waals surface area contributed by atoms with Gasteiger partial charge in [-0.15, -0.1) is 0 Å². The van der Waals surface area contributed by atoms with Crippen molar-refractivity contribution >= 4 is 6.21 Å². The van der Waals surface area contributed by atoms with Crippen LogP contribution >= 0.6 is 0 Å². The van der Waals surface area contributed by atoms with Gasteiger partial charge < -0.3 is 5.43 Å². The molecule has 3 unspecified atom stereocenters. The van der Waals surface area contributed by atoms with Gasteiger partial charge in [-0.3, -0.25) is 0 Å². The topological polar surface area (TPSA) is 24.4 Å². The molecule has 0 saturated heterocycles. The molecular weight excluding hydrogens is 148 g/mol. The molecule has 0 aromatic carbocycles. The summed E-state index contributed by atoms with van der Waals surface area (Å²) < 4.78 is 0. The monoisotopic (exact) mass is 166 g/mol. The normalized spacial score (nSPS) is 56.0. The van der Waals surface area contributed by atoms with Gasteiger partial charge in [0, 0.05) is 12.1 Å². The van der Waals surface area contributed by atoms with E-state index >= 15 is 0 Å². The lowest BCUT2D eigenvalue weighted by Gasteiger charge is -2.61. The molecule has 2 aliphatic rings. The van der Waals surface area contributed by atoms with E-state index in [2.05, 4.69) is 44.4 Å². The molecule has 0 aromatic rings. The highest BCUT2D eigenvalue weighted by atomic mass is 15.4. The average Bonchev–Trinajstić information content (AvgIpc) is 2.44. The molecule has 0 bridgehead atoms. The summed E-state index contributed by atoms with van der Waals surface area (Å²) >= 11 is 0. The molecular formula is C10H18N2. The van der Waals surface area contributed by atoms with Gasteiger partial charge in [0.1, 0.15) is 0 Å². The standard InChI is InChI=1S/C10H18N2/c1-5-9(3)7(2)10(4)8(9)6-11-12-10/h6-8,12H,5H2,1-4H3/t7?,8?,9?,10-/m0/s1. The predicted molar refractivity (Wildman–Crippen MR) is 51.1 cm³/mol. The minimum atomic E-state index is 0.255. The maximum atomic E-state index is 4.20. The molecule has 1 N–H and O–H groups in total. The minimum absolute atomic E-state index is 0.255. The quantitative estimate of drug-likeness (QED) is 0.633. The molecule has 2 nitrogen and oxygen atoms in total. The fraction of sp³-hybridized carbons (Fsp3) is 0.900. The average molecular weight is 166 g/mol. The molecule has 2 rings (SSSR count). The van der Waals surface area contributed by atoms with E-state index in [1.807, 2.05) is 0 Å². The zero-order valence-corrected chi connectivity index (χ0v) is 8.39. The third kappa shape index (κ3) is 0.606. The summed E-state index contributed by atoms with van der Waals surface area (Å²) in [7, 11) is 0. The summed E-state index contributed by atoms with van der Waals surface area (Å²) in [5.74, 6) is 1.37. The van der Waals surface area contributed by atoms with Gasteiger partial charge in [0.05, 0.1) is 5.54 Å². The van der Waals surface area contributed by atoms with E-state index in [1.165, 1.54) is 6.42 Å². The molecule has 2 heteroatoms. The molecule has 68 valence electrons. The Morgan fingerprint density at radius 2 is 2.17 bits per heavy atom. The maximum absolute atomic E-state index is 4.20. The van der Waals surface area contributed by atoms with Gasteiger partial charge in [-0.25, -0.2) is 0 Å². The smallest absolute Gasteiger partial charge is 0.0634 e. The largest absolute Gasteiger partial charge is 0.304 e. The van der Waals surface area contributed by atoms with E-state index in [0.29, 0.717) is 11.3 Å². The predicted octanol–water partition coefficient (Wildman–Crippen LogP) is 2.02. The first kappa shape index (κ1) is 8.09. The van der Waals surface area contributed by atoms with Crippen LogP contribution in [0.4, 0.5) is 0 Å². The van der Waals surface area contributed by atoms with Crippen LogP contribution in [-0.2, 0) is 0 Å². The van der Waals surface area contributed by atoms with Crippen molar-refractivity contribution in [1.82, 2.24) is 5.43 Å². The first-order valence-electron chi connectivity index (χ1n) is 4.86. The van der Waals surface area contributed by atoms with Crippen molar-refractivity contribution in [2.75, 3.05) is 0 Å². The Hall–Kier alpha value is -0.530. The SMILES string of the molecule is CCC1(C)C(C)[C@]2(C)NN=CC12. The van der Waals surface area contributed by atoms with Crippen molar-refractivity contribution in [1.29, 1.82) is 0 Å². The van der Waals surface area contributed by atoms with Gasteiger partial charge in [-0.2, -0.15) is 5.10 Å². The molecule has 1 aliphatic heterocycles. The van der Waals surface area contributed by atoms with E-state index in [1.54, 1.807) is 0 Å². The Morgan fingerprint density at radius 1 is 1.50 bits per heavy atom. The van der Waals surface area contributed by atoms with Crippen molar-refractivity contribution in [3.63, 3.8) is 0 Å². The second-order valence-corrected chi connectivity index (χ2v) is 4.73. The fourth-order valence-corrected chi connectivity index (χ4v) is 3.08. The first-order chi connectivity index (χ1) is 5.55. The van der Waals surface area contributed by atoms with Crippen molar-refractivity contribution in [2.24, 2.45) is 22.4 Å². The van der Waals surface area contributed by atoms with Crippen molar-refractivity contribution < 1.29 is 0 Å². The van der Waals surface area contributed by atoms with Crippen LogP contribution in [0.2, 0.25) is 0 Å². The van der Waals surface area contributed by atoms with Crippen LogP contribution in [0.3, 0.4) is 0 Å². The Kier molecular flexibility index (Phi) is 1.37. The molecule has 1 fully saturated rings. The second kappa shape index (κ2) is 2.04. The van der Waals surface area contributed by atoms with E-state index in [4.69, 9.17) is 0 Å². The third-order valence-corrected chi connectivity index (χ3v) is 4.54. The second-order valence-electron chi connectivity index (χ2n) is 4.73. The van der Waals surface area contributed by atoms with Crippen LogP contribution in [0.25, 0.3) is 0 Å². The van der Waals surface area contributed by atoms with Gasteiger partial charge in [-0.05, 0) is 24.7 Å². The first-order valence-corrected chi connectivity index (χ1v) is 4.86. The number of hydrogen-bond donors (Lipinski definition) is 1. The number of fused-ring (bicyclic) bond motifs is 1. The summed E-state index contributed by atoms with van der Waals surface area (Å²) in [6.45, 7) is 9.28. The summed E-state index contributed by atoms with van der Waals surface area (Å²) in [6, 6.07) is 0. The van der Waals surface area contributed by atoms with Gasteiger partial charge >= 0.3 is 0 Å². The number of nitrogens with zero attached hydrogens (tertiary/aromatic N) is 1. The van der Waals surface area contributed by atoms with E-state index in [9.17, 15) is 0 Å². The summed E-state index contributed by atoms with van der Waals surface area (Å²) in [5.41, 5.74) is 3.97. The molecule has 1 saturated carbocycles. The van der Waals surface area contributed by atoms with Crippen LogP contribution < -0.4 is 5.43 Å². The third-order valence-electron chi connectivity index (χ3n) is 4.54. The summed E-state index contributed by atoms with van der Waals surface area (Å²) in [5, 5.41) is 4.20. The Morgan fingerprint density at radius 3 is 2.75 bits per heavy atom. The van der Waals surface area contributed by atoms with Crippen LogP contribution in [0.15, 0.2) is 5.10 Å². The minimum Gasteiger partial charge on any atom is -0.304 e. The van der Waals surface area contributed by atoms with E-state index < -0.39 is 0 Å². The number of hydrogen-bond acceptors (Lipinski definition) is 2. The molecule has 12 heavy (non-hydrogen) atoms. The molecule has 1 heterocycles. The van der Waals surface area contributed by atoms with Gasteiger partial charge in [0.25, 0.3) is 0 Å². The van der Waals surface area contributed by atoms with Gasteiger partial charge in [-0.1, -0.05) is 20.8 Å². The van der Waals surface area contributed by atoms with Crippen molar-refractivity contribution in [2.45, 2.75) is 39.7 Å². The van der Waals surface area contributed by atoms with Crippen LogP contribution in [0, 0.1) is 17.3 Å². The highest BCUT2D eigenvalue weighted by Gasteiger charge is 2.64. The number of rotatable bonds is 1. The van der Waals surface area contributed by atoms with Gasteiger partial charge in [0.2, 0.25) is 0 Å². The Balaban J connectivity index is 2.29. The zero-order chi connectivity index (χ0) is 8.98. The van der Waals surface area contributed by atoms with Crippen LogP contribution in [0.5, 0.6) is 0 Å². The summed E-state index contributed by atoms with van der Waals surface area (Å²) in [6.07, 6.45) is 3.35. The van der Waals surface area contributed by atoms with E-state index in [0.717, 1.165) is 5.92 Å². The number of nitrogens with one attached hydrogen (secondary N) is 1. The molecule has 1 aliphatic carbocycles. The van der Waals surface area contributed by atoms with Crippen molar-refractivity contribution in [3.05, 3.63) is 0 Å². The lowest BCUT2D eigenvalue weighted by atomic mass is 9.44. The highest BCUT2D eigenvalue weighted by molar-refractivity contribution is 5.69. The van der Waals surface area contributed by atoms with Crippen molar-refractivity contribution in [3.8, 4) is 0 Å². The Bertz CT molecular complexity index is 236. The molecule has 0 radical (unpaired) electrons. The number of hydrazone groups is 1. The molecule has 0 aromatic heterocycles. The van der Waals surface area contributed by atoms with Crippen LogP contribution in [-0.4, -0.2) is 11.8 Å². The molecule has 0 spiro atoms. The lowest BCUT2D eigenvalue weighted by Crippen LogP contribution is -2.68. The molecule has 0 amide bonds. The van der Waals surface area contributed by atoms with Crippen LogP contribution in [0.1, 0.15) is 34.1 Å². The fourth-order valence-electron chi connectivity index (χ4n) is 3.08. The maximum Gasteiger partial charge on any atom is 0.0634 e. The zero-order valence-electron chi connectivity index (χ0n) is 8.39. The van der Waals surface area contributed by atoms with E-state index in [-0.39, 0.29) is 5.54 Å². The summed E-state index contributed by atoms with van der Waals surface area (Å²) in [4.78, 5) is 0. The Labute approximate surface area is 74.4 Å².